The summed E-state index contributed by atoms with van der Waals surface area (Å²) in [6.07, 6.45) is 0. The van der Waals surface area contributed by atoms with E-state index in [1.54, 1.807) is 0 Å². The van der Waals surface area contributed by atoms with Crippen LogP contribution in [0.2, 0.25) is 0 Å². The van der Waals surface area contributed by atoms with Crippen molar-refractivity contribution in [3.63, 3.8) is 0 Å². The Hall–Kier alpha value is -0.240. The number of ether oxygens (including phenoxy) is 1. The molecule has 0 aromatic heterocycles. The van der Waals surface area contributed by atoms with Crippen LogP contribution in [-0.2, 0) is 9.53 Å². The van der Waals surface area contributed by atoms with Crippen LogP contribution in [0.3, 0.4) is 0 Å². The maximum absolute atomic E-state index is 11.6. The van der Waals surface area contributed by atoms with E-state index in [0.717, 1.165) is 16.3 Å². The first-order chi connectivity index (χ1) is 4.48. The van der Waals surface area contributed by atoms with Crippen molar-refractivity contribution in [1.29, 1.82) is 0 Å². The van der Waals surface area contributed by atoms with Crippen molar-refractivity contribution in [3.05, 3.63) is 0 Å². The van der Waals surface area contributed by atoms with E-state index in [4.69, 9.17) is 0 Å². The van der Waals surface area contributed by atoms with Crippen molar-refractivity contribution in [2.75, 3.05) is 7.11 Å². The lowest BCUT2D eigenvalue weighted by molar-refractivity contribution is -0.156. The molecular weight excluding hydrogens is 161 g/mol. The summed E-state index contributed by atoms with van der Waals surface area (Å²) in [6.45, 7) is 4.00. The molecule has 0 radical (unpaired) electrons. The van der Waals surface area contributed by atoms with Crippen molar-refractivity contribution in [3.8, 4) is 0 Å². The zero-order valence-corrected chi connectivity index (χ0v) is 7.30. The fourth-order valence-corrected chi connectivity index (χ4v) is 0.254. The second kappa shape index (κ2) is 5.54. The second-order valence-electron chi connectivity index (χ2n) is 1.11. The van der Waals surface area contributed by atoms with E-state index in [-0.39, 0.29) is 0 Å². The third kappa shape index (κ3) is 5.89. The average Bonchev–Trinajstić information content (AvgIpc) is 1.89. The van der Waals surface area contributed by atoms with Gasteiger partial charge in [-0.2, -0.15) is 8.78 Å². The van der Waals surface area contributed by atoms with Crippen LogP contribution in [0.1, 0.15) is 13.8 Å². The Labute approximate surface area is 61.1 Å². The van der Waals surface area contributed by atoms with Gasteiger partial charge in [-0.1, -0.05) is 13.8 Å². The Balaban J connectivity index is 0. The molecule has 0 aromatic carbocycles. The predicted octanol–water partition coefficient (Wildman–Crippen LogP) is 1.65. The highest BCUT2D eigenvalue weighted by molar-refractivity contribution is 7.20. The molecule has 0 aliphatic rings. The van der Waals surface area contributed by atoms with E-state index in [9.17, 15) is 13.6 Å². The van der Waals surface area contributed by atoms with Crippen LogP contribution in [0.25, 0.3) is 0 Å². The number of carbonyl (C=O) groups is 1. The van der Waals surface area contributed by atoms with E-state index in [0.29, 0.717) is 0 Å². The van der Waals surface area contributed by atoms with Gasteiger partial charge in [0.05, 0.1) is 7.11 Å². The largest absolute Gasteiger partial charge is 0.464 e. The van der Waals surface area contributed by atoms with Crippen molar-refractivity contribution in [2.24, 2.45) is 0 Å². The molecule has 0 aliphatic heterocycles. The van der Waals surface area contributed by atoms with Gasteiger partial charge in [-0.25, -0.2) is 4.79 Å². The zero-order chi connectivity index (χ0) is 8.78. The molecule has 1 atom stereocenters. The normalized spacial score (nSPS) is 9.40. The SMILES string of the molecule is CC.COC(=O)C(F)(F)P. The summed E-state index contributed by atoms with van der Waals surface area (Å²) >= 11 is 0. The molecular formula is C5H11F2O2P. The summed E-state index contributed by atoms with van der Waals surface area (Å²) in [7, 11) is 1.97. The number of rotatable bonds is 1. The minimum Gasteiger partial charge on any atom is -0.464 e. The highest BCUT2D eigenvalue weighted by Gasteiger charge is 2.33. The van der Waals surface area contributed by atoms with Gasteiger partial charge in [0.15, 0.2) is 0 Å². The van der Waals surface area contributed by atoms with Crippen LogP contribution >= 0.6 is 9.24 Å². The van der Waals surface area contributed by atoms with E-state index in [2.05, 4.69) is 4.74 Å². The average molecular weight is 172 g/mol. The molecule has 0 aliphatic carbocycles. The Kier molecular flexibility index (Phi) is 6.89. The zero-order valence-electron chi connectivity index (χ0n) is 6.15. The van der Waals surface area contributed by atoms with Gasteiger partial charge in [-0.05, 0) is 9.24 Å². The van der Waals surface area contributed by atoms with Gasteiger partial charge in [-0.15, -0.1) is 0 Å². The third-order valence-corrected chi connectivity index (χ3v) is 0.693. The van der Waals surface area contributed by atoms with Crippen molar-refractivity contribution < 1.29 is 18.3 Å². The maximum atomic E-state index is 11.6. The van der Waals surface area contributed by atoms with Gasteiger partial charge in [-0.3, -0.25) is 0 Å². The van der Waals surface area contributed by atoms with Crippen molar-refractivity contribution in [2.45, 2.75) is 19.5 Å². The molecule has 0 spiro atoms. The molecule has 10 heavy (non-hydrogen) atoms. The molecule has 0 N–H and O–H groups in total. The molecule has 0 rings (SSSR count). The summed E-state index contributed by atoms with van der Waals surface area (Å²) in [5.74, 6) is -1.54. The van der Waals surface area contributed by atoms with Gasteiger partial charge < -0.3 is 4.74 Å². The number of esters is 1. The van der Waals surface area contributed by atoms with Gasteiger partial charge in [0.2, 0.25) is 0 Å². The maximum Gasteiger partial charge on any atom is 0.380 e. The van der Waals surface area contributed by atoms with Crippen LogP contribution in [0.5, 0.6) is 0 Å². The molecule has 5 heteroatoms. The van der Waals surface area contributed by atoms with Crippen molar-refractivity contribution >= 4 is 15.2 Å². The van der Waals surface area contributed by atoms with E-state index in [1.807, 2.05) is 13.8 Å². The molecule has 0 bridgehead atoms. The molecule has 62 valence electrons. The Morgan fingerprint density at radius 2 is 1.80 bits per heavy atom. The quantitative estimate of drug-likeness (QED) is 0.444. The molecule has 1 unspecified atom stereocenters. The molecule has 0 amide bonds. The molecule has 0 aromatic rings. The fraction of sp³-hybridized carbons (Fsp3) is 0.800. The van der Waals surface area contributed by atoms with Gasteiger partial charge in [0.25, 0.3) is 0 Å². The van der Waals surface area contributed by atoms with E-state index < -0.39 is 11.6 Å². The topological polar surface area (TPSA) is 26.3 Å². The van der Waals surface area contributed by atoms with Gasteiger partial charge in [0.1, 0.15) is 0 Å². The van der Waals surface area contributed by atoms with Crippen LogP contribution in [0.4, 0.5) is 8.78 Å². The number of hydrogen-bond donors (Lipinski definition) is 0. The molecule has 2 nitrogen and oxygen atoms in total. The third-order valence-electron chi connectivity index (χ3n) is 0.458. The number of halogens is 2. The molecule has 0 saturated heterocycles. The summed E-state index contributed by atoms with van der Waals surface area (Å²) in [5.41, 5.74) is -3.44. The number of hydrogen-bond acceptors (Lipinski definition) is 2. The first-order valence-electron chi connectivity index (χ1n) is 2.73. The summed E-state index contributed by atoms with van der Waals surface area (Å²) in [4.78, 5) is 9.84. The lowest BCUT2D eigenvalue weighted by Gasteiger charge is -2.04. The number of carbonyl (C=O) groups excluding carboxylic acids is 1. The Morgan fingerprint density at radius 3 is 1.80 bits per heavy atom. The summed E-state index contributed by atoms with van der Waals surface area (Å²) in [5, 5.41) is 0. The summed E-state index contributed by atoms with van der Waals surface area (Å²) < 4.78 is 26.9. The van der Waals surface area contributed by atoms with Crippen LogP contribution < -0.4 is 0 Å². The van der Waals surface area contributed by atoms with Crippen LogP contribution in [0.15, 0.2) is 0 Å². The smallest absolute Gasteiger partial charge is 0.380 e. The standard InChI is InChI=1S/C3H5F2O2P.C2H6/c1-7-2(6)3(4,5)8;1-2/h8H2,1H3;1-2H3. The minimum absolute atomic E-state index is 0.903. The fourth-order valence-electron chi connectivity index (χ4n) is 0.136. The van der Waals surface area contributed by atoms with Crippen LogP contribution in [-0.4, -0.2) is 18.7 Å². The van der Waals surface area contributed by atoms with Crippen molar-refractivity contribution in [1.82, 2.24) is 0 Å². The minimum atomic E-state index is -3.44. The van der Waals surface area contributed by atoms with Crippen LogP contribution in [0, 0.1) is 0 Å². The highest BCUT2D eigenvalue weighted by Crippen LogP contribution is 2.22. The summed E-state index contributed by atoms with van der Waals surface area (Å²) in [6, 6.07) is 0. The Bertz CT molecular complexity index is 100. The van der Waals surface area contributed by atoms with E-state index >= 15 is 0 Å². The Morgan fingerprint density at radius 1 is 1.50 bits per heavy atom. The van der Waals surface area contributed by atoms with Gasteiger partial charge in [0, 0.05) is 0 Å². The molecule has 0 saturated carbocycles. The van der Waals surface area contributed by atoms with Gasteiger partial charge >= 0.3 is 11.6 Å². The predicted molar refractivity (Wildman–Crippen MR) is 38.0 cm³/mol. The highest BCUT2D eigenvalue weighted by atomic mass is 31.0. The molecule has 0 fully saturated rings. The number of alkyl halides is 2. The lowest BCUT2D eigenvalue weighted by Crippen LogP contribution is -2.21. The lowest BCUT2D eigenvalue weighted by atomic mass is 10.7. The second-order valence-corrected chi connectivity index (χ2v) is 1.84. The monoisotopic (exact) mass is 172 g/mol. The van der Waals surface area contributed by atoms with E-state index in [1.165, 1.54) is 0 Å². The first-order valence-corrected chi connectivity index (χ1v) is 3.31. The number of methoxy groups -OCH3 is 1. The first kappa shape index (κ1) is 12.4. The molecule has 0 heterocycles.